The number of rotatable bonds is 4. The van der Waals surface area contributed by atoms with Crippen molar-refractivity contribution < 1.29 is 14.3 Å². The molecule has 0 saturated carbocycles. The van der Waals surface area contributed by atoms with Gasteiger partial charge in [0.05, 0.1) is 28.3 Å². The number of ether oxygens (including phenoxy) is 2. The third kappa shape index (κ3) is 6.55. The van der Waals surface area contributed by atoms with Gasteiger partial charge in [0.1, 0.15) is 11.7 Å². The zero-order valence-corrected chi connectivity index (χ0v) is 20.6. The Kier molecular flexibility index (Phi) is 8.35. The van der Waals surface area contributed by atoms with Crippen LogP contribution < -0.4 is 0 Å². The summed E-state index contributed by atoms with van der Waals surface area (Å²) in [6, 6.07) is 15.2. The van der Waals surface area contributed by atoms with Gasteiger partial charge in [-0.15, -0.1) is 11.8 Å². The molecule has 0 N–H and O–H groups in total. The Labute approximate surface area is 203 Å². The molecule has 0 unspecified atom stereocenters. The second-order valence-electron chi connectivity index (χ2n) is 8.57. The maximum absolute atomic E-state index is 12.8. The molecule has 8 heteroatoms. The average Bonchev–Trinajstić information content (AvgIpc) is 2.96. The van der Waals surface area contributed by atoms with E-state index in [9.17, 15) is 10.1 Å². The summed E-state index contributed by atoms with van der Waals surface area (Å²) >= 11 is 14.0. The van der Waals surface area contributed by atoms with Crippen LogP contribution in [-0.2, 0) is 9.47 Å². The quantitative estimate of drug-likeness (QED) is 0.450. The molecular formula is C24H26Cl2N2O3S. The van der Waals surface area contributed by atoms with Crippen molar-refractivity contribution in [1.82, 2.24) is 4.90 Å². The normalized spacial score (nSPS) is 19.2. The van der Waals surface area contributed by atoms with Crippen LogP contribution in [0.5, 0.6) is 0 Å². The number of benzene rings is 2. The first-order valence-electron chi connectivity index (χ1n) is 10.3. The number of amides is 1. The van der Waals surface area contributed by atoms with Gasteiger partial charge in [-0.25, -0.2) is 4.79 Å². The van der Waals surface area contributed by atoms with E-state index >= 15 is 0 Å². The van der Waals surface area contributed by atoms with E-state index in [1.165, 1.54) is 0 Å². The molecule has 1 aliphatic rings. The van der Waals surface area contributed by atoms with E-state index in [1.807, 2.05) is 51.1 Å². The molecule has 0 aliphatic carbocycles. The summed E-state index contributed by atoms with van der Waals surface area (Å²) in [5, 5.41) is 10.4. The average molecular weight is 493 g/mol. The van der Waals surface area contributed by atoms with Gasteiger partial charge in [0.2, 0.25) is 0 Å². The molecule has 1 heterocycles. The summed E-state index contributed by atoms with van der Waals surface area (Å²) < 4.78 is 11.8. The van der Waals surface area contributed by atoms with Crippen molar-refractivity contribution in [3.63, 3.8) is 0 Å². The first-order chi connectivity index (χ1) is 15.2. The van der Waals surface area contributed by atoms with Gasteiger partial charge in [-0.3, -0.25) is 0 Å². The molecule has 1 aliphatic heterocycles. The number of nitrogens with zero attached hydrogens (tertiary/aromatic N) is 2. The summed E-state index contributed by atoms with van der Waals surface area (Å²) in [5.41, 5.74) is 0.954. The highest BCUT2D eigenvalue weighted by Crippen LogP contribution is 2.37. The monoisotopic (exact) mass is 492 g/mol. The largest absolute Gasteiger partial charge is 0.444 e. The summed E-state index contributed by atoms with van der Waals surface area (Å²) in [7, 11) is 0. The van der Waals surface area contributed by atoms with E-state index in [-0.39, 0.29) is 18.1 Å². The Hall–Kier alpha value is -1.91. The van der Waals surface area contributed by atoms with Crippen molar-refractivity contribution in [2.75, 3.05) is 25.4 Å². The molecule has 0 spiro atoms. The maximum atomic E-state index is 12.8. The van der Waals surface area contributed by atoms with Crippen LogP contribution in [0.4, 0.5) is 4.79 Å². The molecule has 0 aromatic heterocycles. The van der Waals surface area contributed by atoms with Crippen LogP contribution in [0.2, 0.25) is 10.0 Å². The maximum Gasteiger partial charge on any atom is 0.410 e. The topological polar surface area (TPSA) is 62.6 Å². The molecule has 170 valence electrons. The van der Waals surface area contributed by atoms with E-state index in [0.29, 0.717) is 41.1 Å². The fourth-order valence-electron chi connectivity index (χ4n) is 3.47. The molecular weight excluding hydrogens is 467 g/mol. The molecule has 32 heavy (non-hydrogen) atoms. The van der Waals surface area contributed by atoms with Crippen molar-refractivity contribution in [1.29, 1.82) is 5.26 Å². The molecule has 1 fully saturated rings. The molecule has 1 saturated heterocycles. The zero-order chi connectivity index (χ0) is 23.3. The van der Waals surface area contributed by atoms with Crippen LogP contribution in [0, 0.1) is 17.2 Å². The molecule has 1 amide bonds. The predicted octanol–water partition coefficient (Wildman–Crippen LogP) is 6.58. The van der Waals surface area contributed by atoms with E-state index in [0.717, 1.165) is 10.5 Å². The van der Waals surface area contributed by atoms with Crippen molar-refractivity contribution >= 4 is 41.1 Å². The molecule has 5 nitrogen and oxygen atoms in total. The van der Waals surface area contributed by atoms with Gasteiger partial charge in [-0.1, -0.05) is 41.4 Å². The highest BCUT2D eigenvalue weighted by molar-refractivity contribution is 7.99. The molecule has 2 atom stereocenters. The highest BCUT2D eigenvalue weighted by atomic mass is 35.5. The third-order valence-electron chi connectivity index (χ3n) is 4.93. The summed E-state index contributed by atoms with van der Waals surface area (Å²) in [6.45, 7) is 6.82. The standard InChI is InChI=1S/C24H26Cl2N2O3S/c1-24(2,3)31-23(29)28-10-11-30-22(16-8-9-19(25)20(26)12-16)18(14-28)15-32-21-7-5-4-6-17(21)13-27/h4-9,12,18,22H,10-11,14-15H2,1-3H3/t18-,22-/m0/s1. The minimum Gasteiger partial charge on any atom is -0.444 e. The first-order valence-corrected chi connectivity index (χ1v) is 12.1. The Morgan fingerprint density at radius 3 is 2.69 bits per heavy atom. The van der Waals surface area contributed by atoms with E-state index in [4.69, 9.17) is 32.7 Å². The number of carbonyl (C=O) groups is 1. The van der Waals surface area contributed by atoms with Crippen LogP contribution in [0.25, 0.3) is 0 Å². The summed E-state index contributed by atoms with van der Waals surface area (Å²) in [4.78, 5) is 15.4. The van der Waals surface area contributed by atoms with Gasteiger partial charge in [0, 0.05) is 29.7 Å². The SMILES string of the molecule is CC(C)(C)OC(=O)N1CCO[C@@H](c2ccc(Cl)c(Cl)c2)[C@H](CSc2ccccc2C#N)C1. The Morgan fingerprint density at radius 2 is 2.00 bits per heavy atom. The van der Waals surface area contributed by atoms with Gasteiger partial charge < -0.3 is 14.4 Å². The number of carbonyl (C=O) groups excluding carboxylic acids is 1. The molecule has 0 bridgehead atoms. The summed E-state index contributed by atoms with van der Waals surface area (Å²) in [5.74, 6) is 0.585. The van der Waals surface area contributed by atoms with Gasteiger partial charge in [0.25, 0.3) is 0 Å². The van der Waals surface area contributed by atoms with Gasteiger partial charge >= 0.3 is 6.09 Å². The molecule has 2 aromatic rings. The second-order valence-corrected chi connectivity index (χ2v) is 10.4. The van der Waals surface area contributed by atoms with Crippen molar-refractivity contribution in [3.05, 3.63) is 63.6 Å². The van der Waals surface area contributed by atoms with Crippen molar-refractivity contribution in [2.24, 2.45) is 5.92 Å². The van der Waals surface area contributed by atoms with E-state index in [2.05, 4.69) is 6.07 Å². The number of halogens is 2. The highest BCUT2D eigenvalue weighted by Gasteiger charge is 2.33. The van der Waals surface area contributed by atoms with Crippen LogP contribution >= 0.6 is 35.0 Å². The van der Waals surface area contributed by atoms with Crippen LogP contribution in [0.15, 0.2) is 47.4 Å². The Balaban J connectivity index is 1.86. The lowest BCUT2D eigenvalue weighted by molar-refractivity contribution is 0.0231. The van der Waals surface area contributed by atoms with Crippen molar-refractivity contribution in [2.45, 2.75) is 37.4 Å². The Morgan fingerprint density at radius 1 is 1.25 bits per heavy atom. The lowest BCUT2D eigenvalue weighted by Gasteiger charge is -2.30. The lowest BCUT2D eigenvalue weighted by Crippen LogP contribution is -2.40. The smallest absolute Gasteiger partial charge is 0.410 e. The number of nitriles is 1. The fourth-order valence-corrected chi connectivity index (χ4v) is 4.89. The van der Waals surface area contributed by atoms with E-state index in [1.54, 1.807) is 28.8 Å². The van der Waals surface area contributed by atoms with Gasteiger partial charge in [-0.2, -0.15) is 5.26 Å². The summed E-state index contributed by atoms with van der Waals surface area (Å²) in [6.07, 6.45) is -0.637. The molecule has 2 aromatic carbocycles. The minimum absolute atomic E-state index is 0.0565. The van der Waals surface area contributed by atoms with Crippen LogP contribution in [0.3, 0.4) is 0 Å². The molecule has 3 rings (SSSR count). The predicted molar refractivity (Wildman–Crippen MR) is 128 cm³/mol. The number of hydrogen-bond donors (Lipinski definition) is 0. The number of hydrogen-bond acceptors (Lipinski definition) is 5. The van der Waals surface area contributed by atoms with E-state index < -0.39 is 5.60 Å². The van der Waals surface area contributed by atoms with Crippen LogP contribution in [0.1, 0.15) is 38.0 Å². The van der Waals surface area contributed by atoms with Crippen LogP contribution in [-0.4, -0.2) is 42.0 Å². The van der Waals surface area contributed by atoms with Crippen molar-refractivity contribution in [3.8, 4) is 6.07 Å². The zero-order valence-electron chi connectivity index (χ0n) is 18.3. The lowest BCUT2D eigenvalue weighted by atomic mass is 9.97. The fraction of sp³-hybridized carbons (Fsp3) is 0.417. The minimum atomic E-state index is -0.580. The van der Waals surface area contributed by atoms with Gasteiger partial charge in [0.15, 0.2) is 0 Å². The van der Waals surface area contributed by atoms with Gasteiger partial charge in [-0.05, 0) is 50.6 Å². The second kappa shape index (κ2) is 10.8. The molecule has 0 radical (unpaired) electrons. The first kappa shape index (κ1) is 24.7. The Bertz CT molecular complexity index is 1000. The third-order valence-corrected chi connectivity index (χ3v) is 6.93. The number of thioether (sulfide) groups is 1.